The van der Waals surface area contributed by atoms with Gasteiger partial charge in [-0.2, -0.15) is 0 Å². The molecule has 19 heavy (non-hydrogen) atoms. The van der Waals surface area contributed by atoms with Gasteiger partial charge >= 0.3 is 5.97 Å². The van der Waals surface area contributed by atoms with Crippen molar-refractivity contribution in [3.63, 3.8) is 0 Å². The van der Waals surface area contributed by atoms with Crippen molar-refractivity contribution in [1.82, 2.24) is 9.97 Å². The molecule has 0 saturated heterocycles. The summed E-state index contributed by atoms with van der Waals surface area (Å²) >= 11 is 4.68. The van der Waals surface area contributed by atoms with Crippen molar-refractivity contribution in [2.24, 2.45) is 0 Å². The molecule has 2 aromatic rings. The molecule has 1 aromatic carbocycles. The molecule has 0 unspecified atom stereocenters. The van der Waals surface area contributed by atoms with E-state index in [9.17, 15) is 4.79 Å². The minimum atomic E-state index is -1.06. The minimum Gasteiger partial charge on any atom is -0.478 e. The monoisotopic (exact) mass is 340 g/mol. The zero-order chi connectivity index (χ0) is 13.8. The fraction of sp³-hybridized carbons (Fsp3) is 0.0833. The smallest absolute Gasteiger partial charge is 0.339 e. The van der Waals surface area contributed by atoms with E-state index >= 15 is 0 Å². The van der Waals surface area contributed by atoms with Gasteiger partial charge in [0.05, 0.1) is 0 Å². The highest BCUT2D eigenvalue weighted by Gasteiger charge is 2.13. The predicted octanol–water partition coefficient (Wildman–Crippen LogP) is 3.45. The van der Waals surface area contributed by atoms with Crippen LogP contribution >= 0.6 is 27.7 Å². The van der Waals surface area contributed by atoms with Gasteiger partial charge in [0.15, 0.2) is 0 Å². The molecule has 0 amide bonds. The Bertz CT molecular complexity index is 622. The zero-order valence-electron chi connectivity index (χ0n) is 9.83. The molecule has 0 spiro atoms. The van der Waals surface area contributed by atoms with Gasteiger partial charge in [-0.3, -0.25) is 0 Å². The van der Waals surface area contributed by atoms with Gasteiger partial charge in [-0.1, -0.05) is 15.9 Å². The molecule has 0 aliphatic rings. The van der Waals surface area contributed by atoms with Crippen LogP contribution in [0.5, 0.6) is 11.6 Å². The first-order valence-electron chi connectivity index (χ1n) is 5.17. The second kappa shape index (κ2) is 6.03. The lowest BCUT2D eigenvalue weighted by molar-refractivity contribution is 0.0694. The number of hydrogen-bond acceptors (Lipinski definition) is 5. The van der Waals surface area contributed by atoms with Crippen LogP contribution in [0.2, 0.25) is 0 Å². The summed E-state index contributed by atoms with van der Waals surface area (Å²) in [6.45, 7) is 0. The lowest BCUT2D eigenvalue weighted by Gasteiger charge is -2.08. The molecule has 0 fully saturated rings. The summed E-state index contributed by atoms with van der Waals surface area (Å²) in [5.74, 6) is -0.513. The van der Waals surface area contributed by atoms with Crippen LogP contribution in [0.4, 0.5) is 0 Å². The molecule has 1 N–H and O–H groups in total. The van der Waals surface area contributed by atoms with Gasteiger partial charge in [0.1, 0.15) is 22.7 Å². The summed E-state index contributed by atoms with van der Waals surface area (Å²) in [6, 6.07) is 6.42. The molecule has 98 valence electrons. The average Bonchev–Trinajstić information content (AvgIpc) is 2.41. The molecule has 0 radical (unpaired) electrons. The summed E-state index contributed by atoms with van der Waals surface area (Å²) in [6.07, 6.45) is 3.26. The maximum absolute atomic E-state index is 11.1. The fourth-order valence-electron chi connectivity index (χ4n) is 1.36. The van der Waals surface area contributed by atoms with E-state index in [2.05, 4.69) is 25.9 Å². The SMILES string of the molecule is CSc1cc(Oc2ccc(Br)cc2C(=O)O)ncn1. The Balaban J connectivity index is 2.34. The highest BCUT2D eigenvalue weighted by atomic mass is 79.9. The van der Waals surface area contributed by atoms with E-state index in [4.69, 9.17) is 9.84 Å². The number of hydrogen-bond donors (Lipinski definition) is 1. The number of nitrogens with zero attached hydrogens (tertiary/aromatic N) is 2. The highest BCUT2D eigenvalue weighted by Crippen LogP contribution is 2.28. The number of rotatable bonds is 4. The molecule has 2 rings (SSSR count). The van der Waals surface area contributed by atoms with E-state index in [1.54, 1.807) is 18.2 Å². The molecular formula is C12H9BrN2O3S. The molecule has 7 heteroatoms. The molecule has 0 saturated carbocycles. The van der Waals surface area contributed by atoms with Gasteiger partial charge in [-0.05, 0) is 24.5 Å². The van der Waals surface area contributed by atoms with Crippen LogP contribution in [-0.4, -0.2) is 27.3 Å². The zero-order valence-corrected chi connectivity index (χ0v) is 12.2. The molecule has 1 heterocycles. The molecule has 0 aliphatic heterocycles. The number of benzene rings is 1. The van der Waals surface area contributed by atoms with Crippen LogP contribution in [0.25, 0.3) is 0 Å². The first kappa shape index (κ1) is 13.8. The van der Waals surface area contributed by atoms with Crippen molar-refractivity contribution in [1.29, 1.82) is 0 Å². The van der Waals surface area contributed by atoms with E-state index in [0.717, 1.165) is 5.03 Å². The average molecular weight is 341 g/mol. The summed E-state index contributed by atoms with van der Waals surface area (Å²) in [7, 11) is 0. The number of carboxylic acids is 1. The van der Waals surface area contributed by atoms with E-state index in [-0.39, 0.29) is 11.3 Å². The van der Waals surface area contributed by atoms with E-state index < -0.39 is 5.97 Å². The number of aromatic nitrogens is 2. The highest BCUT2D eigenvalue weighted by molar-refractivity contribution is 9.10. The topological polar surface area (TPSA) is 72.3 Å². The van der Waals surface area contributed by atoms with E-state index in [0.29, 0.717) is 10.4 Å². The van der Waals surface area contributed by atoms with Gasteiger partial charge in [-0.25, -0.2) is 14.8 Å². The third-order valence-electron chi connectivity index (χ3n) is 2.21. The standard InChI is InChI=1S/C12H9BrN2O3S/c1-19-11-5-10(14-6-15-11)18-9-3-2-7(13)4-8(9)12(16)17/h2-6H,1H3,(H,16,17). The lowest BCUT2D eigenvalue weighted by atomic mass is 10.2. The van der Waals surface area contributed by atoms with Crippen LogP contribution in [0.3, 0.4) is 0 Å². The molecule has 0 aliphatic carbocycles. The molecular weight excluding hydrogens is 332 g/mol. The fourth-order valence-corrected chi connectivity index (χ4v) is 2.09. The third kappa shape index (κ3) is 3.45. The molecule has 1 aromatic heterocycles. The van der Waals surface area contributed by atoms with Crippen LogP contribution in [0.15, 0.2) is 40.1 Å². The van der Waals surface area contributed by atoms with Gasteiger partial charge in [-0.15, -0.1) is 11.8 Å². The Hall–Kier alpha value is -1.60. The van der Waals surface area contributed by atoms with Crippen molar-refractivity contribution in [3.8, 4) is 11.6 Å². The number of aromatic carboxylic acids is 1. The molecule has 0 bridgehead atoms. The van der Waals surface area contributed by atoms with Gasteiger partial charge in [0, 0.05) is 10.5 Å². The number of halogens is 1. The molecule has 0 atom stereocenters. The second-order valence-electron chi connectivity index (χ2n) is 3.45. The summed E-state index contributed by atoms with van der Waals surface area (Å²) in [5.41, 5.74) is 0.0682. The van der Waals surface area contributed by atoms with Crippen molar-refractivity contribution < 1.29 is 14.6 Å². The van der Waals surface area contributed by atoms with Crippen LogP contribution in [0.1, 0.15) is 10.4 Å². The Morgan fingerprint density at radius 2 is 2.16 bits per heavy atom. The molecule has 5 nitrogen and oxygen atoms in total. The van der Waals surface area contributed by atoms with Gasteiger partial charge < -0.3 is 9.84 Å². The first-order chi connectivity index (χ1) is 9.10. The Morgan fingerprint density at radius 3 is 2.84 bits per heavy atom. The van der Waals surface area contributed by atoms with Crippen molar-refractivity contribution in [2.45, 2.75) is 5.03 Å². The van der Waals surface area contributed by atoms with Crippen molar-refractivity contribution in [3.05, 3.63) is 40.6 Å². The minimum absolute atomic E-state index is 0.0682. The number of carboxylic acid groups (broad SMARTS) is 1. The first-order valence-corrected chi connectivity index (χ1v) is 7.18. The number of thioether (sulfide) groups is 1. The Labute approximate surface area is 122 Å². The van der Waals surface area contributed by atoms with Crippen molar-refractivity contribution >= 4 is 33.7 Å². The van der Waals surface area contributed by atoms with Gasteiger partial charge in [0.25, 0.3) is 0 Å². The maximum Gasteiger partial charge on any atom is 0.339 e. The largest absolute Gasteiger partial charge is 0.478 e. The summed E-state index contributed by atoms with van der Waals surface area (Å²) in [4.78, 5) is 19.1. The quantitative estimate of drug-likeness (QED) is 0.678. The number of carbonyl (C=O) groups is 1. The van der Waals surface area contributed by atoms with Crippen LogP contribution in [0, 0.1) is 0 Å². The lowest BCUT2D eigenvalue weighted by Crippen LogP contribution is -2.01. The Kier molecular flexibility index (Phi) is 4.39. The normalized spacial score (nSPS) is 10.2. The predicted molar refractivity (Wildman–Crippen MR) is 75.0 cm³/mol. The summed E-state index contributed by atoms with van der Waals surface area (Å²) < 4.78 is 6.17. The van der Waals surface area contributed by atoms with E-state index in [1.165, 1.54) is 24.2 Å². The summed E-state index contributed by atoms with van der Waals surface area (Å²) in [5, 5.41) is 9.88. The van der Waals surface area contributed by atoms with E-state index in [1.807, 2.05) is 6.26 Å². The maximum atomic E-state index is 11.1. The third-order valence-corrected chi connectivity index (χ3v) is 3.35. The van der Waals surface area contributed by atoms with Crippen molar-refractivity contribution in [2.75, 3.05) is 6.26 Å². The Morgan fingerprint density at radius 1 is 1.37 bits per heavy atom. The van der Waals surface area contributed by atoms with Crippen LogP contribution < -0.4 is 4.74 Å². The second-order valence-corrected chi connectivity index (χ2v) is 5.19. The van der Waals surface area contributed by atoms with Crippen LogP contribution in [-0.2, 0) is 0 Å². The number of ether oxygens (including phenoxy) is 1. The van der Waals surface area contributed by atoms with Gasteiger partial charge in [0.2, 0.25) is 5.88 Å².